The molecule has 8 nitrogen and oxygen atoms in total. The fraction of sp³-hybridized carbons (Fsp3) is 0.235. The molecule has 1 atom stereocenters. The summed E-state index contributed by atoms with van der Waals surface area (Å²) in [5.74, 6) is 0.805. The minimum Gasteiger partial charge on any atom is -0.497 e. The molecule has 1 amide bonds. The van der Waals surface area contributed by atoms with E-state index in [0.29, 0.717) is 22.9 Å². The third-order valence-corrected chi connectivity index (χ3v) is 4.52. The quantitative estimate of drug-likeness (QED) is 0.675. The van der Waals surface area contributed by atoms with Crippen LogP contribution in [0.3, 0.4) is 0 Å². The largest absolute Gasteiger partial charge is 0.497 e. The van der Waals surface area contributed by atoms with E-state index in [4.69, 9.17) is 14.6 Å². The van der Waals surface area contributed by atoms with Gasteiger partial charge in [0.15, 0.2) is 0 Å². The van der Waals surface area contributed by atoms with Gasteiger partial charge in [-0.15, -0.1) is 0 Å². The van der Waals surface area contributed by atoms with Crippen LogP contribution in [-0.4, -0.2) is 34.6 Å². The molecule has 2 rings (SSSR count). The van der Waals surface area contributed by atoms with Crippen molar-refractivity contribution in [2.45, 2.75) is 17.9 Å². The molecule has 0 saturated heterocycles. The lowest BCUT2D eigenvalue weighted by Crippen LogP contribution is -2.32. The molecule has 0 bridgehead atoms. The Morgan fingerprint density at radius 2 is 1.85 bits per heavy atom. The van der Waals surface area contributed by atoms with Crippen LogP contribution in [0.5, 0.6) is 11.5 Å². The second kappa shape index (κ2) is 8.07. The number of primary sulfonamides is 1. The molecule has 0 radical (unpaired) electrons. The van der Waals surface area contributed by atoms with E-state index in [2.05, 4.69) is 10.6 Å². The van der Waals surface area contributed by atoms with Crippen molar-refractivity contribution in [2.24, 2.45) is 5.14 Å². The lowest BCUT2D eigenvalue weighted by atomic mass is 10.2. The number of ether oxygens (including phenoxy) is 2. The van der Waals surface area contributed by atoms with Gasteiger partial charge in [-0.3, -0.25) is 4.79 Å². The maximum absolute atomic E-state index is 12.4. The second-order valence-electron chi connectivity index (χ2n) is 5.49. The highest BCUT2D eigenvalue weighted by Crippen LogP contribution is 2.29. The lowest BCUT2D eigenvalue weighted by molar-refractivity contribution is -0.116. The Morgan fingerprint density at radius 1 is 1.12 bits per heavy atom. The molecule has 0 aromatic heterocycles. The molecule has 0 saturated carbocycles. The van der Waals surface area contributed by atoms with Crippen molar-refractivity contribution in [3.05, 3.63) is 42.5 Å². The topological polar surface area (TPSA) is 120 Å². The van der Waals surface area contributed by atoms with E-state index in [1.807, 2.05) is 0 Å². The number of hydrogen-bond donors (Lipinski definition) is 3. The number of methoxy groups -OCH3 is 2. The fourth-order valence-electron chi connectivity index (χ4n) is 2.22. The highest BCUT2D eigenvalue weighted by Gasteiger charge is 2.16. The number of hydrogen-bond acceptors (Lipinski definition) is 6. The van der Waals surface area contributed by atoms with E-state index in [0.717, 1.165) is 0 Å². The predicted octanol–water partition coefficient (Wildman–Crippen LogP) is 1.79. The Bertz CT molecular complexity index is 899. The van der Waals surface area contributed by atoms with E-state index in [1.165, 1.54) is 25.3 Å². The van der Waals surface area contributed by atoms with Crippen LogP contribution in [-0.2, 0) is 14.8 Å². The van der Waals surface area contributed by atoms with Crippen molar-refractivity contribution >= 4 is 27.3 Å². The summed E-state index contributed by atoms with van der Waals surface area (Å²) in [5.41, 5.74) is 0.950. The molecule has 140 valence electrons. The lowest BCUT2D eigenvalue weighted by Gasteiger charge is -2.18. The second-order valence-corrected chi connectivity index (χ2v) is 7.06. The van der Waals surface area contributed by atoms with Gasteiger partial charge in [-0.1, -0.05) is 6.07 Å². The molecule has 0 aliphatic heterocycles. The van der Waals surface area contributed by atoms with Gasteiger partial charge in [-0.25, -0.2) is 13.6 Å². The summed E-state index contributed by atoms with van der Waals surface area (Å²) in [7, 11) is -0.774. The van der Waals surface area contributed by atoms with Crippen molar-refractivity contribution in [1.29, 1.82) is 0 Å². The van der Waals surface area contributed by atoms with E-state index < -0.39 is 16.1 Å². The van der Waals surface area contributed by atoms with Gasteiger partial charge >= 0.3 is 0 Å². The molecular weight excluding hydrogens is 358 g/mol. The molecule has 0 aliphatic rings. The van der Waals surface area contributed by atoms with Crippen molar-refractivity contribution < 1.29 is 22.7 Å². The average Bonchev–Trinajstić information content (AvgIpc) is 2.61. The van der Waals surface area contributed by atoms with Crippen LogP contribution >= 0.6 is 0 Å². The molecule has 9 heteroatoms. The van der Waals surface area contributed by atoms with Crippen molar-refractivity contribution in [1.82, 2.24) is 0 Å². The van der Waals surface area contributed by atoms with E-state index in [1.54, 1.807) is 38.3 Å². The molecule has 4 N–H and O–H groups in total. The Hall–Kier alpha value is -2.78. The minimum absolute atomic E-state index is 0.0762. The zero-order valence-corrected chi connectivity index (χ0v) is 15.5. The molecule has 2 aromatic carbocycles. The summed E-state index contributed by atoms with van der Waals surface area (Å²) in [6.07, 6.45) is 0. The first kappa shape index (κ1) is 19.5. The zero-order valence-electron chi connectivity index (χ0n) is 14.6. The maximum atomic E-state index is 12.4. The summed E-state index contributed by atoms with van der Waals surface area (Å²) in [5, 5.41) is 10.8. The van der Waals surface area contributed by atoms with Crippen LogP contribution in [0.2, 0.25) is 0 Å². The van der Waals surface area contributed by atoms with Crippen LogP contribution < -0.4 is 25.2 Å². The summed E-state index contributed by atoms with van der Waals surface area (Å²) < 4.78 is 33.2. The van der Waals surface area contributed by atoms with Crippen molar-refractivity contribution in [3.63, 3.8) is 0 Å². The molecule has 1 unspecified atom stereocenters. The standard InChI is InChI=1S/C17H21N3O5S/c1-11(19-15-8-7-13(24-2)10-16(15)25-3)17(21)20-12-5-4-6-14(9-12)26(18,22)23/h4-11,19H,1-3H3,(H,20,21)(H2,18,22,23). The number of nitrogens with two attached hydrogens (primary N) is 1. The summed E-state index contributed by atoms with van der Waals surface area (Å²) in [6.45, 7) is 1.67. The first-order valence-corrected chi connectivity index (χ1v) is 9.21. The van der Waals surface area contributed by atoms with Crippen LogP contribution in [0.15, 0.2) is 47.4 Å². The predicted molar refractivity (Wildman–Crippen MR) is 99.1 cm³/mol. The third kappa shape index (κ3) is 4.87. The van der Waals surface area contributed by atoms with Crippen LogP contribution in [0.25, 0.3) is 0 Å². The number of rotatable bonds is 7. The Morgan fingerprint density at radius 3 is 2.46 bits per heavy atom. The summed E-state index contributed by atoms with van der Waals surface area (Å²) >= 11 is 0. The average molecular weight is 379 g/mol. The smallest absolute Gasteiger partial charge is 0.246 e. The van der Waals surface area contributed by atoms with Crippen LogP contribution in [0.1, 0.15) is 6.92 Å². The van der Waals surface area contributed by atoms with E-state index in [9.17, 15) is 13.2 Å². The number of amides is 1. The third-order valence-electron chi connectivity index (χ3n) is 3.60. The monoisotopic (exact) mass is 379 g/mol. The summed E-state index contributed by atoms with van der Waals surface area (Å²) in [4.78, 5) is 12.3. The fourth-order valence-corrected chi connectivity index (χ4v) is 2.78. The molecule has 0 fully saturated rings. The number of carbonyl (C=O) groups is 1. The zero-order chi connectivity index (χ0) is 19.3. The first-order chi connectivity index (χ1) is 12.2. The summed E-state index contributed by atoms with van der Waals surface area (Å²) in [6, 6.07) is 10.3. The van der Waals surface area contributed by atoms with E-state index >= 15 is 0 Å². The number of carbonyl (C=O) groups excluding carboxylic acids is 1. The van der Waals surface area contributed by atoms with Gasteiger partial charge in [0.25, 0.3) is 0 Å². The molecule has 0 aliphatic carbocycles. The molecule has 0 heterocycles. The van der Waals surface area contributed by atoms with Gasteiger partial charge in [0, 0.05) is 11.8 Å². The normalized spacial score (nSPS) is 12.2. The Labute approximate surface area is 152 Å². The van der Waals surface area contributed by atoms with Gasteiger partial charge in [-0.05, 0) is 37.3 Å². The number of anilines is 2. The minimum atomic E-state index is -3.84. The SMILES string of the molecule is COc1ccc(NC(C)C(=O)Nc2cccc(S(N)(=O)=O)c2)c(OC)c1. The van der Waals surface area contributed by atoms with Crippen LogP contribution in [0.4, 0.5) is 11.4 Å². The van der Waals surface area contributed by atoms with Gasteiger partial charge in [0.1, 0.15) is 17.5 Å². The maximum Gasteiger partial charge on any atom is 0.246 e. The van der Waals surface area contributed by atoms with Gasteiger partial charge in [0.05, 0.1) is 24.8 Å². The molecule has 0 spiro atoms. The number of nitrogens with one attached hydrogen (secondary N) is 2. The van der Waals surface area contributed by atoms with Crippen molar-refractivity contribution in [2.75, 3.05) is 24.9 Å². The van der Waals surface area contributed by atoms with Crippen molar-refractivity contribution in [3.8, 4) is 11.5 Å². The van der Waals surface area contributed by atoms with Gasteiger partial charge < -0.3 is 20.1 Å². The first-order valence-electron chi connectivity index (χ1n) is 7.67. The van der Waals surface area contributed by atoms with Gasteiger partial charge in [-0.2, -0.15) is 0 Å². The van der Waals surface area contributed by atoms with E-state index in [-0.39, 0.29) is 10.8 Å². The molecule has 26 heavy (non-hydrogen) atoms. The highest BCUT2D eigenvalue weighted by atomic mass is 32.2. The number of benzene rings is 2. The van der Waals surface area contributed by atoms with Crippen LogP contribution in [0, 0.1) is 0 Å². The Balaban J connectivity index is 2.11. The molecule has 2 aromatic rings. The highest BCUT2D eigenvalue weighted by molar-refractivity contribution is 7.89. The Kier molecular flexibility index (Phi) is 6.06. The number of sulfonamides is 1. The molecular formula is C17H21N3O5S. The van der Waals surface area contributed by atoms with Gasteiger partial charge in [0.2, 0.25) is 15.9 Å².